The standard InChI is InChI=1S/C17H15ClN4O4S/c1-25-14-7-10(13(22(23)24)9-15(14)26-2)8-16-19-20-17(27)21(16)12-6-4-3-5-11(12)18/h3-7,9H,8H2,1-2H3,(H,20,27). The van der Waals surface area contributed by atoms with Crippen LogP contribution in [0.4, 0.5) is 5.69 Å². The Kier molecular flexibility index (Phi) is 5.43. The first kappa shape index (κ1) is 18.9. The van der Waals surface area contributed by atoms with Crippen LogP contribution < -0.4 is 9.47 Å². The summed E-state index contributed by atoms with van der Waals surface area (Å²) in [5.41, 5.74) is 0.934. The number of nitrogens with zero attached hydrogens (tertiary/aromatic N) is 3. The lowest BCUT2D eigenvalue weighted by Crippen LogP contribution is -2.06. The van der Waals surface area contributed by atoms with Crippen LogP contribution in [0.3, 0.4) is 0 Å². The van der Waals surface area contributed by atoms with Gasteiger partial charge in [-0.3, -0.25) is 19.8 Å². The molecule has 0 aliphatic carbocycles. The Morgan fingerprint density at radius 3 is 2.56 bits per heavy atom. The van der Waals surface area contributed by atoms with Crippen LogP contribution in [-0.4, -0.2) is 33.9 Å². The zero-order chi connectivity index (χ0) is 19.6. The van der Waals surface area contributed by atoms with Crippen LogP contribution in [0.15, 0.2) is 36.4 Å². The molecule has 0 bridgehead atoms. The largest absolute Gasteiger partial charge is 0.493 e. The predicted octanol–water partition coefficient (Wildman–Crippen LogP) is 4.10. The van der Waals surface area contributed by atoms with Crippen LogP contribution in [0.2, 0.25) is 5.02 Å². The molecule has 0 aliphatic heterocycles. The second-order valence-corrected chi connectivity index (χ2v) is 6.30. The van der Waals surface area contributed by atoms with Gasteiger partial charge in [0.05, 0.1) is 35.9 Å². The van der Waals surface area contributed by atoms with Gasteiger partial charge in [0, 0.05) is 12.0 Å². The molecule has 10 heteroatoms. The quantitative estimate of drug-likeness (QED) is 0.376. The van der Waals surface area contributed by atoms with Crippen molar-refractivity contribution >= 4 is 29.5 Å². The van der Waals surface area contributed by atoms with E-state index >= 15 is 0 Å². The summed E-state index contributed by atoms with van der Waals surface area (Å²) in [5, 5.41) is 18.9. The minimum absolute atomic E-state index is 0.104. The van der Waals surface area contributed by atoms with Gasteiger partial charge < -0.3 is 9.47 Å². The Morgan fingerprint density at radius 1 is 1.26 bits per heavy atom. The summed E-state index contributed by atoms with van der Waals surface area (Å²) in [7, 11) is 2.89. The fraction of sp³-hybridized carbons (Fsp3) is 0.176. The molecule has 0 saturated carbocycles. The minimum atomic E-state index is -0.474. The number of para-hydroxylation sites is 1. The molecule has 0 unspecified atom stereocenters. The Bertz CT molecular complexity index is 1060. The van der Waals surface area contributed by atoms with Crippen molar-refractivity contribution in [1.82, 2.24) is 14.8 Å². The van der Waals surface area contributed by atoms with Crippen LogP contribution >= 0.6 is 23.8 Å². The molecule has 1 aromatic heterocycles. The molecule has 140 valence electrons. The molecule has 3 aromatic rings. The number of nitro groups is 1. The molecule has 0 saturated heterocycles. The van der Waals surface area contributed by atoms with Gasteiger partial charge >= 0.3 is 0 Å². The van der Waals surface area contributed by atoms with Crippen molar-refractivity contribution < 1.29 is 14.4 Å². The topological polar surface area (TPSA) is 95.2 Å². The Balaban J connectivity index is 2.13. The van der Waals surface area contributed by atoms with Crippen molar-refractivity contribution in [2.24, 2.45) is 0 Å². The Labute approximate surface area is 164 Å². The molecule has 1 heterocycles. The number of halogens is 1. The molecule has 0 fully saturated rings. The van der Waals surface area contributed by atoms with E-state index in [2.05, 4.69) is 10.2 Å². The summed E-state index contributed by atoms with van der Waals surface area (Å²) < 4.78 is 12.4. The molecule has 0 atom stereocenters. The third-order valence-electron chi connectivity index (χ3n) is 3.97. The number of hydrogen-bond donors (Lipinski definition) is 1. The molecule has 1 N–H and O–H groups in total. The molecule has 27 heavy (non-hydrogen) atoms. The number of ether oxygens (including phenoxy) is 2. The summed E-state index contributed by atoms with van der Waals surface area (Å²) in [5.74, 6) is 1.14. The highest BCUT2D eigenvalue weighted by Gasteiger charge is 2.22. The molecule has 8 nitrogen and oxygen atoms in total. The van der Waals surface area contributed by atoms with Gasteiger partial charge in [0.25, 0.3) is 5.69 Å². The van der Waals surface area contributed by atoms with Crippen molar-refractivity contribution in [2.75, 3.05) is 14.2 Å². The smallest absolute Gasteiger partial charge is 0.277 e. The number of nitrogens with one attached hydrogen (secondary N) is 1. The van der Waals surface area contributed by atoms with E-state index in [1.165, 1.54) is 20.3 Å². The number of hydrogen-bond acceptors (Lipinski definition) is 6. The van der Waals surface area contributed by atoms with Crippen molar-refractivity contribution in [3.8, 4) is 17.2 Å². The molecule has 0 aliphatic rings. The number of aromatic amines is 1. The third kappa shape index (κ3) is 3.64. The van der Waals surface area contributed by atoms with Crippen LogP contribution in [0, 0.1) is 14.9 Å². The summed E-state index contributed by atoms with van der Waals surface area (Å²) >= 11 is 11.6. The first-order chi connectivity index (χ1) is 13.0. The van der Waals surface area contributed by atoms with E-state index in [1.807, 2.05) is 6.07 Å². The Hall–Kier alpha value is -2.91. The van der Waals surface area contributed by atoms with Crippen molar-refractivity contribution in [2.45, 2.75) is 6.42 Å². The van der Waals surface area contributed by atoms with Crippen LogP contribution in [0.1, 0.15) is 11.4 Å². The minimum Gasteiger partial charge on any atom is -0.493 e. The van der Waals surface area contributed by atoms with E-state index in [0.717, 1.165) is 0 Å². The Morgan fingerprint density at radius 2 is 1.93 bits per heavy atom. The maximum absolute atomic E-state index is 11.5. The fourth-order valence-electron chi connectivity index (χ4n) is 2.72. The van der Waals surface area contributed by atoms with E-state index < -0.39 is 4.92 Å². The van der Waals surface area contributed by atoms with Gasteiger partial charge in [-0.15, -0.1) is 0 Å². The monoisotopic (exact) mass is 406 g/mol. The highest BCUT2D eigenvalue weighted by atomic mass is 35.5. The SMILES string of the molecule is COc1cc(Cc2n[nH]c(=S)n2-c2ccccc2Cl)c([N+](=O)[O-])cc1OC. The molecular formula is C17H15ClN4O4S. The van der Waals surface area contributed by atoms with Gasteiger partial charge in [-0.1, -0.05) is 23.7 Å². The number of aromatic nitrogens is 3. The predicted molar refractivity (Wildman–Crippen MR) is 103 cm³/mol. The zero-order valence-corrected chi connectivity index (χ0v) is 16.0. The van der Waals surface area contributed by atoms with Crippen molar-refractivity contribution in [1.29, 1.82) is 0 Å². The maximum Gasteiger partial charge on any atom is 0.277 e. The van der Waals surface area contributed by atoms with Crippen LogP contribution in [-0.2, 0) is 6.42 Å². The highest BCUT2D eigenvalue weighted by molar-refractivity contribution is 7.71. The van der Waals surface area contributed by atoms with Gasteiger partial charge in [-0.2, -0.15) is 5.10 Å². The lowest BCUT2D eigenvalue weighted by atomic mass is 10.1. The van der Waals surface area contributed by atoms with Gasteiger partial charge in [0.2, 0.25) is 0 Å². The number of rotatable bonds is 6. The second kappa shape index (κ2) is 7.77. The van der Waals surface area contributed by atoms with Gasteiger partial charge in [-0.05, 0) is 30.4 Å². The summed E-state index contributed by atoms with van der Waals surface area (Å²) in [4.78, 5) is 11.1. The summed E-state index contributed by atoms with van der Waals surface area (Å²) in [6.45, 7) is 0. The first-order valence-corrected chi connectivity index (χ1v) is 8.55. The van der Waals surface area contributed by atoms with Gasteiger partial charge in [0.15, 0.2) is 16.3 Å². The summed E-state index contributed by atoms with van der Waals surface area (Å²) in [6, 6.07) is 10.0. The highest BCUT2D eigenvalue weighted by Crippen LogP contribution is 2.35. The second-order valence-electron chi connectivity index (χ2n) is 5.50. The lowest BCUT2D eigenvalue weighted by molar-refractivity contribution is -0.385. The van der Waals surface area contributed by atoms with E-state index in [0.29, 0.717) is 32.6 Å². The van der Waals surface area contributed by atoms with E-state index in [-0.39, 0.29) is 17.9 Å². The number of benzene rings is 2. The van der Waals surface area contributed by atoms with E-state index in [9.17, 15) is 10.1 Å². The molecule has 0 spiro atoms. The average molecular weight is 407 g/mol. The van der Waals surface area contributed by atoms with Gasteiger partial charge in [0.1, 0.15) is 5.82 Å². The molecule has 0 radical (unpaired) electrons. The normalized spacial score (nSPS) is 10.6. The molecular weight excluding hydrogens is 392 g/mol. The number of nitro benzene ring substituents is 1. The molecule has 3 rings (SSSR count). The number of methoxy groups -OCH3 is 2. The van der Waals surface area contributed by atoms with E-state index in [1.54, 1.807) is 28.8 Å². The van der Waals surface area contributed by atoms with Crippen molar-refractivity contribution in [3.05, 3.63) is 67.7 Å². The van der Waals surface area contributed by atoms with Gasteiger partial charge in [-0.25, -0.2) is 0 Å². The lowest BCUT2D eigenvalue weighted by Gasteiger charge is -2.12. The fourth-order valence-corrected chi connectivity index (χ4v) is 3.19. The molecule has 0 amide bonds. The number of H-pyrrole nitrogens is 1. The van der Waals surface area contributed by atoms with Crippen LogP contribution in [0.25, 0.3) is 5.69 Å². The molecule has 2 aromatic carbocycles. The zero-order valence-electron chi connectivity index (χ0n) is 14.4. The summed E-state index contributed by atoms with van der Waals surface area (Å²) in [6.07, 6.45) is 0.134. The maximum atomic E-state index is 11.5. The van der Waals surface area contributed by atoms with Crippen molar-refractivity contribution in [3.63, 3.8) is 0 Å². The average Bonchev–Trinajstić information content (AvgIpc) is 3.01. The van der Waals surface area contributed by atoms with E-state index in [4.69, 9.17) is 33.3 Å². The first-order valence-electron chi connectivity index (χ1n) is 7.76. The third-order valence-corrected chi connectivity index (χ3v) is 4.56. The van der Waals surface area contributed by atoms with Crippen LogP contribution in [0.5, 0.6) is 11.5 Å².